The van der Waals surface area contributed by atoms with E-state index in [1.165, 1.54) is 24.3 Å². The number of esters is 2. The normalized spacial score (nSPS) is 9.88. The van der Waals surface area contributed by atoms with Crippen molar-refractivity contribution < 1.29 is 19.1 Å². The maximum Gasteiger partial charge on any atom is 0.331 e. The highest BCUT2D eigenvalue weighted by Crippen LogP contribution is 1.81. The monoisotopic (exact) mass is 222 g/mol. The molecule has 86 valence electrons. The molecule has 4 heteroatoms. The summed E-state index contributed by atoms with van der Waals surface area (Å²) < 4.78 is 9.27. The van der Waals surface area contributed by atoms with E-state index in [-0.39, 0.29) is 0 Å². The van der Waals surface area contributed by atoms with Crippen molar-refractivity contribution in [3.63, 3.8) is 0 Å². The first-order chi connectivity index (χ1) is 7.70. The van der Waals surface area contributed by atoms with E-state index in [0.717, 1.165) is 0 Å². The van der Waals surface area contributed by atoms with Gasteiger partial charge in [-0.1, -0.05) is 11.8 Å². The third-order valence-electron chi connectivity index (χ3n) is 1.26. The highest BCUT2D eigenvalue weighted by atomic mass is 16.5. The summed E-state index contributed by atoms with van der Waals surface area (Å²) in [6.45, 7) is 4.11. The molecule has 0 radical (unpaired) electrons. The molecule has 0 spiro atoms. The summed E-state index contributed by atoms with van der Waals surface area (Å²) in [6, 6.07) is 0. The zero-order valence-electron chi connectivity index (χ0n) is 9.36. The predicted octanol–water partition coefficient (Wildman–Crippen LogP) is 1.23. The Labute approximate surface area is 94.9 Å². The Bertz CT molecular complexity index is 310. The smallest absolute Gasteiger partial charge is 0.331 e. The van der Waals surface area contributed by atoms with Crippen LogP contribution < -0.4 is 0 Å². The van der Waals surface area contributed by atoms with E-state index in [1.54, 1.807) is 13.8 Å². The quantitative estimate of drug-likeness (QED) is 0.408. The van der Waals surface area contributed by atoms with Gasteiger partial charge in [0.2, 0.25) is 0 Å². The summed E-state index contributed by atoms with van der Waals surface area (Å²) in [5.41, 5.74) is 0. The number of allylic oxidation sites excluding steroid dienone is 2. The fourth-order valence-corrected chi connectivity index (χ4v) is 0.696. The number of carbonyl (C=O) groups is 2. The summed E-state index contributed by atoms with van der Waals surface area (Å²) in [5.74, 6) is 4.21. The summed E-state index contributed by atoms with van der Waals surface area (Å²) in [4.78, 5) is 21.6. The minimum atomic E-state index is -0.439. The van der Waals surface area contributed by atoms with Crippen molar-refractivity contribution in [1.29, 1.82) is 0 Å². The van der Waals surface area contributed by atoms with Gasteiger partial charge in [-0.25, -0.2) is 9.59 Å². The Hall–Kier alpha value is -2.02. The average molecular weight is 222 g/mol. The Balaban J connectivity index is 3.94. The van der Waals surface area contributed by atoms with Crippen LogP contribution in [0.2, 0.25) is 0 Å². The van der Waals surface area contributed by atoms with Crippen molar-refractivity contribution in [2.75, 3.05) is 13.2 Å². The van der Waals surface area contributed by atoms with Crippen molar-refractivity contribution in [1.82, 2.24) is 0 Å². The molecule has 0 heterocycles. The lowest BCUT2D eigenvalue weighted by Gasteiger charge is -1.92. The Kier molecular flexibility index (Phi) is 8.33. The second-order valence-corrected chi connectivity index (χ2v) is 2.46. The average Bonchev–Trinajstić information content (AvgIpc) is 2.24. The van der Waals surface area contributed by atoms with Crippen molar-refractivity contribution in [3.05, 3.63) is 24.3 Å². The zero-order chi connectivity index (χ0) is 12.2. The van der Waals surface area contributed by atoms with Crippen LogP contribution in [0.3, 0.4) is 0 Å². The maximum absolute atomic E-state index is 10.8. The van der Waals surface area contributed by atoms with Gasteiger partial charge in [-0.15, -0.1) is 0 Å². The molecule has 0 rings (SSSR count). The van der Waals surface area contributed by atoms with Crippen molar-refractivity contribution in [2.45, 2.75) is 13.8 Å². The number of ether oxygens (including phenoxy) is 2. The fraction of sp³-hybridized carbons (Fsp3) is 0.333. The molecule has 4 nitrogen and oxygen atoms in total. The third kappa shape index (κ3) is 8.57. The van der Waals surface area contributed by atoms with Gasteiger partial charge in [0.05, 0.1) is 13.2 Å². The molecule has 0 bridgehead atoms. The summed E-state index contributed by atoms with van der Waals surface area (Å²) in [7, 11) is 0. The van der Waals surface area contributed by atoms with Gasteiger partial charge < -0.3 is 9.47 Å². The highest BCUT2D eigenvalue weighted by molar-refractivity contribution is 5.83. The molecule has 0 saturated carbocycles. The van der Waals surface area contributed by atoms with E-state index in [9.17, 15) is 9.59 Å². The van der Waals surface area contributed by atoms with Gasteiger partial charge in [-0.05, 0) is 26.0 Å². The largest absolute Gasteiger partial charge is 0.463 e. The number of carbonyl (C=O) groups excluding carboxylic acids is 2. The number of rotatable bonds is 4. The Morgan fingerprint density at radius 1 is 0.938 bits per heavy atom. The molecule has 0 unspecified atom stereocenters. The van der Waals surface area contributed by atoms with Crippen molar-refractivity contribution >= 4 is 11.9 Å². The minimum absolute atomic E-state index is 0.333. The van der Waals surface area contributed by atoms with Gasteiger partial charge in [0.1, 0.15) is 0 Å². The summed E-state index contributed by atoms with van der Waals surface area (Å²) in [5, 5.41) is 0. The first-order valence-electron chi connectivity index (χ1n) is 4.88. The van der Waals surface area contributed by atoms with Crippen LogP contribution in [0.1, 0.15) is 13.8 Å². The first-order valence-corrected chi connectivity index (χ1v) is 4.88. The van der Waals surface area contributed by atoms with Crippen LogP contribution in [0.15, 0.2) is 24.3 Å². The van der Waals surface area contributed by atoms with Gasteiger partial charge in [-0.2, -0.15) is 0 Å². The lowest BCUT2D eigenvalue weighted by molar-refractivity contribution is -0.138. The SMILES string of the molecule is CCOC(=O)/C=C/C#C/C=C/C(=O)OCC. The lowest BCUT2D eigenvalue weighted by atomic mass is 10.4. The van der Waals surface area contributed by atoms with Crippen LogP contribution in [0.5, 0.6) is 0 Å². The van der Waals surface area contributed by atoms with E-state index < -0.39 is 11.9 Å². The molecule has 0 saturated heterocycles. The predicted molar refractivity (Wildman–Crippen MR) is 59.3 cm³/mol. The second kappa shape index (κ2) is 9.53. The molecule has 0 N–H and O–H groups in total. The minimum Gasteiger partial charge on any atom is -0.463 e. The van der Waals surface area contributed by atoms with Crippen LogP contribution in [-0.2, 0) is 19.1 Å². The van der Waals surface area contributed by atoms with Crippen LogP contribution >= 0.6 is 0 Å². The van der Waals surface area contributed by atoms with Gasteiger partial charge in [0.25, 0.3) is 0 Å². The van der Waals surface area contributed by atoms with Gasteiger partial charge >= 0.3 is 11.9 Å². The highest BCUT2D eigenvalue weighted by Gasteiger charge is 1.90. The number of hydrogen-bond donors (Lipinski definition) is 0. The van der Waals surface area contributed by atoms with Crippen LogP contribution in [0.25, 0.3) is 0 Å². The topological polar surface area (TPSA) is 52.6 Å². The molecule has 0 aromatic heterocycles. The van der Waals surface area contributed by atoms with Gasteiger partial charge in [0.15, 0.2) is 0 Å². The molecule has 0 fully saturated rings. The molecule has 0 atom stereocenters. The van der Waals surface area contributed by atoms with Crippen LogP contribution in [0.4, 0.5) is 0 Å². The van der Waals surface area contributed by atoms with E-state index in [1.807, 2.05) is 0 Å². The van der Waals surface area contributed by atoms with Crippen LogP contribution in [0, 0.1) is 11.8 Å². The molecular weight excluding hydrogens is 208 g/mol. The molecule has 0 aliphatic carbocycles. The van der Waals surface area contributed by atoms with E-state index in [0.29, 0.717) is 13.2 Å². The molecule has 0 aliphatic heterocycles. The third-order valence-corrected chi connectivity index (χ3v) is 1.26. The molecule has 0 amide bonds. The summed E-state index contributed by atoms with van der Waals surface area (Å²) in [6.07, 6.45) is 5.14. The molecule has 16 heavy (non-hydrogen) atoms. The summed E-state index contributed by atoms with van der Waals surface area (Å²) >= 11 is 0. The molecule has 0 aliphatic rings. The molecule has 0 aromatic carbocycles. The van der Waals surface area contributed by atoms with E-state index in [4.69, 9.17) is 0 Å². The Morgan fingerprint density at radius 2 is 1.31 bits per heavy atom. The van der Waals surface area contributed by atoms with Crippen LogP contribution in [-0.4, -0.2) is 25.2 Å². The number of hydrogen-bond acceptors (Lipinski definition) is 4. The second-order valence-electron chi connectivity index (χ2n) is 2.46. The van der Waals surface area contributed by atoms with Crippen molar-refractivity contribution in [2.24, 2.45) is 0 Å². The Morgan fingerprint density at radius 3 is 1.62 bits per heavy atom. The lowest BCUT2D eigenvalue weighted by Crippen LogP contribution is -1.98. The van der Waals surface area contributed by atoms with E-state index in [2.05, 4.69) is 21.3 Å². The maximum atomic E-state index is 10.8. The molecule has 0 aromatic rings. The van der Waals surface area contributed by atoms with Crippen molar-refractivity contribution in [3.8, 4) is 11.8 Å². The van der Waals surface area contributed by atoms with Gasteiger partial charge in [0, 0.05) is 12.2 Å². The first kappa shape index (κ1) is 14.0. The standard InChI is InChI=1S/C12H14O4/c1-3-15-11(13)9-7-5-6-8-10-12(14)16-4-2/h7-10H,3-4H2,1-2H3/b9-7+,10-8+. The zero-order valence-corrected chi connectivity index (χ0v) is 9.36. The fourth-order valence-electron chi connectivity index (χ4n) is 0.696. The van der Waals surface area contributed by atoms with Gasteiger partial charge in [-0.3, -0.25) is 0 Å². The molecular formula is C12H14O4. The van der Waals surface area contributed by atoms with E-state index >= 15 is 0 Å².